The summed E-state index contributed by atoms with van der Waals surface area (Å²) >= 11 is 3.58. The van der Waals surface area contributed by atoms with Crippen LogP contribution in [0.3, 0.4) is 0 Å². The first-order valence-corrected chi connectivity index (χ1v) is 3.52. The summed E-state index contributed by atoms with van der Waals surface area (Å²) in [6.07, 6.45) is 2.02. The third kappa shape index (κ3) is 1.33. The number of carbonyl (C=O) groups is 3. The van der Waals surface area contributed by atoms with Gasteiger partial charge in [0.1, 0.15) is 0 Å². The molecular formula is C6H5NO4S. The normalized spacial score (nSPS) is 18.6. The van der Waals surface area contributed by atoms with Crippen molar-refractivity contribution in [3.63, 3.8) is 0 Å². The molecule has 1 heterocycles. The van der Waals surface area contributed by atoms with Crippen LogP contribution in [-0.2, 0) is 14.4 Å². The second-order valence-electron chi connectivity index (χ2n) is 2.09. The molecule has 5 nitrogen and oxygen atoms in total. The van der Waals surface area contributed by atoms with Gasteiger partial charge < -0.3 is 5.11 Å². The zero-order valence-corrected chi connectivity index (χ0v) is 6.69. The number of nitrogens with zero attached hydrogens (tertiary/aromatic N) is 1. The molecule has 1 aliphatic rings. The van der Waals surface area contributed by atoms with E-state index in [9.17, 15) is 14.4 Å². The van der Waals surface area contributed by atoms with Gasteiger partial charge in [-0.2, -0.15) is 0 Å². The van der Waals surface area contributed by atoms with Crippen LogP contribution in [0.5, 0.6) is 0 Å². The van der Waals surface area contributed by atoms with E-state index in [2.05, 4.69) is 12.6 Å². The van der Waals surface area contributed by atoms with Crippen LogP contribution in [0.25, 0.3) is 0 Å². The Morgan fingerprint density at radius 3 is 2.17 bits per heavy atom. The highest BCUT2D eigenvalue weighted by Crippen LogP contribution is 2.11. The number of hydrogen-bond acceptors (Lipinski definition) is 4. The van der Waals surface area contributed by atoms with Gasteiger partial charge in [0.05, 0.1) is 0 Å². The van der Waals surface area contributed by atoms with Crippen molar-refractivity contribution >= 4 is 30.4 Å². The molecule has 0 aromatic rings. The molecule has 1 unspecified atom stereocenters. The van der Waals surface area contributed by atoms with E-state index in [1.54, 1.807) is 0 Å². The molecule has 0 aromatic heterocycles. The molecule has 0 bridgehead atoms. The molecule has 64 valence electrons. The van der Waals surface area contributed by atoms with Crippen LogP contribution < -0.4 is 0 Å². The maximum Gasteiger partial charge on any atom is 0.337 e. The number of thiol groups is 1. The predicted octanol–water partition coefficient (Wildman–Crippen LogP) is -0.748. The Kier molecular flexibility index (Phi) is 2.18. The molecule has 0 radical (unpaired) electrons. The minimum atomic E-state index is -1.40. The molecule has 0 aliphatic carbocycles. The van der Waals surface area contributed by atoms with Crippen molar-refractivity contribution in [2.45, 2.75) is 5.37 Å². The van der Waals surface area contributed by atoms with Crippen molar-refractivity contribution in [3.05, 3.63) is 12.2 Å². The van der Waals surface area contributed by atoms with Gasteiger partial charge in [0.25, 0.3) is 11.8 Å². The summed E-state index contributed by atoms with van der Waals surface area (Å²) < 4.78 is 0. The minimum absolute atomic E-state index is 0.561. The highest BCUT2D eigenvalue weighted by molar-refractivity contribution is 7.81. The fourth-order valence-corrected chi connectivity index (χ4v) is 0.991. The average Bonchev–Trinajstić information content (AvgIpc) is 2.30. The monoisotopic (exact) mass is 187 g/mol. The predicted molar refractivity (Wildman–Crippen MR) is 41.4 cm³/mol. The SMILES string of the molecule is O=C(O)C(S)N1C(=O)C=CC1=O. The van der Waals surface area contributed by atoms with E-state index in [-0.39, 0.29) is 0 Å². The summed E-state index contributed by atoms with van der Waals surface area (Å²) in [6, 6.07) is 0. The molecule has 1 aliphatic heterocycles. The third-order valence-electron chi connectivity index (χ3n) is 1.31. The quantitative estimate of drug-likeness (QED) is 0.440. The van der Waals surface area contributed by atoms with E-state index in [4.69, 9.17) is 5.11 Å². The topological polar surface area (TPSA) is 74.7 Å². The van der Waals surface area contributed by atoms with Crippen molar-refractivity contribution in [3.8, 4) is 0 Å². The van der Waals surface area contributed by atoms with E-state index in [0.29, 0.717) is 4.90 Å². The van der Waals surface area contributed by atoms with Crippen molar-refractivity contribution in [2.75, 3.05) is 0 Å². The highest BCUT2D eigenvalue weighted by Gasteiger charge is 2.33. The summed E-state index contributed by atoms with van der Waals surface area (Å²) in [4.78, 5) is 32.6. The van der Waals surface area contributed by atoms with Gasteiger partial charge in [0, 0.05) is 12.2 Å². The standard InChI is InChI=1S/C6H5NO4S/c8-3-1-2-4(9)7(3)5(12)6(10)11/h1-2,5,12H,(H,10,11). The smallest absolute Gasteiger partial charge is 0.337 e. The van der Waals surface area contributed by atoms with E-state index in [0.717, 1.165) is 12.2 Å². The Labute approximate surface area is 73.1 Å². The van der Waals surface area contributed by atoms with E-state index in [1.807, 2.05) is 0 Å². The molecule has 1 atom stereocenters. The number of carboxylic acids is 1. The molecule has 0 saturated heterocycles. The first-order valence-electron chi connectivity index (χ1n) is 3.00. The lowest BCUT2D eigenvalue weighted by atomic mass is 10.5. The molecule has 0 aromatic carbocycles. The van der Waals surface area contributed by atoms with Gasteiger partial charge in [0.15, 0.2) is 5.37 Å². The highest BCUT2D eigenvalue weighted by atomic mass is 32.1. The Morgan fingerprint density at radius 2 is 1.83 bits per heavy atom. The number of carboxylic acid groups (broad SMARTS) is 1. The Bertz CT molecular complexity index is 267. The van der Waals surface area contributed by atoms with Gasteiger partial charge in [-0.1, -0.05) is 0 Å². The van der Waals surface area contributed by atoms with Crippen LogP contribution in [0.1, 0.15) is 0 Å². The van der Waals surface area contributed by atoms with Gasteiger partial charge in [-0.05, 0) is 0 Å². The van der Waals surface area contributed by atoms with Crippen molar-refractivity contribution in [2.24, 2.45) is 0 Å². The molecule has 6 heteroatoms. The largest absolute Gasteiger partial charge is 0.479 e. The minimum Gasteiger partial charge on any atom is -0.479 e. The third-order valence-corrected chi connectivity index (χ3v) is 1.76. The van der Waals surface area contributed by atoms with E-state index < -0.39 is 23.2 Å². The van der Waals surface area contributed by atoms with Gasteiger partial charge in [-0.15, -0.1) is 12.6 Å². The fourth-order valence-electron chi connectivity index (χ4n) is 0.763. The summed E-state index contributed by atoms with van der Waals surface area (Å²) in [5, 5.41) is 7.02. The number of imide groups is 1. The summed E-state index contributed by atoms with van der Waals surface area (Å²) in [5.41, 5.74) is 0. The number of rotatable bonds is 2. The zero-order valence-electron chi connectivity index (χ0n) is 5.80. The first-order chi connectivity index (χ1) is 5.54. The zero-order chi connectivity index (χ0) is 9.30. The molecule has 2 amide bonds. The average molecular weight is 187 g/mol. The Hall–Kier alpha value is -1.30. The van der Waals surface area contributed by atoms with Crippen LogP contribution in [0.4, 0.5) is 0 Å². The second kappa shape index (κ2) is 2.98. The maximum atomic E-state index is 10.8. The molecule has 1 N–H and O–H groups in total. The number of carbonyl (C=O) groups excluding carboxylic acids is 2. The fraction of sp³-hybridized carbons (Fsp3) is 0.167. The number of amides is 2. The summed E-state index contributed by atoms with van der Waals surface area (Å²) in [5.74, 6) is -2.63. The number of aliphatic carboxylic acids is 1. The van der Waals surface area contributed by atoms with Gasteiger partial charge in [0.2, 0.25) is 0 Å². The molecule has 0 fully saturated rings. The maximum absolute atomic E-state index is 10.8. The lowest BCUT2D eigenvalue weighted by Crippen LogP contribution is -2.41. The lowest BCUT2D eigenvalue weighted by molar-refractivity contribution is -0.149. The van der Waals surface area contributed by atoms with Crippen LogP contribution >= 0.6 is 12.6 Å². The molecule has 0 spiro atoms. The summed E-state index contributed by atoms with van der Waals surface area (Å²) in [7, 11) is 0. The van der Waals surface area contributed by atoms with Gasteiger partial charge >= 0.3 is 5.97 Å². The Balaban J connectivity index is 2.83. The molecule has 0 saturated carbocycles. The van der Waals surface area contributed by atoms with Crippen LogP contribution in [0.15, 0.2) is 12.2 Å². The van der Waals surface area contributed by atoms with Crippen LogP contribution in [0, 0.1) is 0 Å². The first kappa shape index (κ1) is 8.79. The van der Waals surface area contributed by atoms with Crippen molar-refractivity contribution in [1.82, 2.24) is 4.90 Å². The van der Waals surface area contributed by atoms with E-state index in [1.165, 1.54) is 0 Å². The van der Waals surface area contributed by atoms with Crippen LogP contribution in [-0.4, -0.2) is 33.2 Å². The lowest BCUT2D eigenvalue weighted by Gasteiger charge is -2.16. The second-order valence-corrected chi connectivity index (χ2v) is 2.58. The molecular weight excluding hydrogens is 182 g/mol. The van der Waals surface area contributed by atoms with Gasteiger partial charge in [-0.3, -0.25) is 14.5 Å². The van der Waals surface area contributed by atoms with Crippen molar-refractivity contribution < 1.29 is 19.5 Å². The molecule has 1 rings (SSSR count). The van der Waals surface area contributed by atoms with Crippen LogP contribution in [0.2, 0.25) is 0 Å². The van der Waals surface area contributed by atoms with Gasteiger partial charge in [-0.25, -0.2) is 4.79 Å². The van der Waals surface area contributed by atoms with Crippen molar-refractivity contribution in [1.29, 1.82) is 0 Å². The number of hydrogen-bond donors (Lipinski definition) is 2. The Morgan fingerprint density at radius 1 is 1.42 bits per heavy atom. The summed E-state index contributed by atoms with van der Waals surface area (Å²) in [6.45, 7) is 0. The molecule has 12 heavy (non-hydrogen) atoms. The van der Waals surface area contributed by atoms with E-state index >= 15 is 0 Å².